The first-order valence-electron chi connectivity index (χ1n) is 6.79. The maximum absolute atomic E-state index is 11.7. The Kier molecular flexibility index (Phi) is 3.37. The normalized spacial score (nSPS) is 13.8. The number of hydrogen-bond donors (Lipinski definition) is 1. The second-order valence-electron chi connectivity index (χ2n) is 4.90. The van der Waals surface area contributed by atoms with E-state index in [9.17, 15) is 4.79 Å². The van der Waals surface area contributed by atoms with Crippen LogP contribution in [-0.2, 0) is 13.0 Å². The van der Waals surface area contributed by atoms with Gasteiger partial charge in [-0.3, -0.25) is 4.79 Å². The van der Waals surface area contributed by atoms with Crippen LogP contribution in [0.25, 0.3) is 0 Å². The Balaban J connectivity index is 1.86. The third-order valence-electron chi connectivity index (χ3n) is 3.65. The van der Waals surface area contributed by atoms with Gasteiger partial charge in [-0.05, 0) is 29.7 Å². The molecule has 102 valence electrons. The lowest BCUT2D eigenvalue weighted by Gasteiger charge is -2.29. The molecule has 1 amide bonds. The minimum atomic E-state index is -0.149. The summed E-state index contributed by atoms with van der Waals surface area (Å²) in [5.74, 6) is 0.713. The average Bonchev–Trinajstić information content (AvgIpc) is 2.53. The number of amides is 1. The van der Waals surface area contributed by atoms with Crippen molar-refractivity contribution >= 4 is 11.7 Å². The van der Waals surface area contributed by atoms with Gasteiger partial charge in [0.05, 0.1) is 0 Å². The highest BCUT2D eigenvalue weighted by molar-refractivity contribution is 5.92. The Morgan fingerprint density at radius 1 is 1.15 bits per heavy atom. The molecule has 0 fully saturated rings. The highest BCUT2D eigenvalue weighted by Gasteiger charge is 2.17. The van der Waals surface area contributed by atoms with E-state index in [1.807, 2.05) is 12.1 Å². The van der Waals surface area contributed by atoms with Gasteiger partial charge in [-0.25, -0.2) is 4.98 Å². The lowest BCUT2D eigenvalue weighted by atomic mass is 10.00. The second-order valence-corrected chi connectivity index (χ2v) is 4.90. The molecule has 0 spiro atoms. The fourth-order valence-corrected chi connectivity index (χ4v) is 2.55. The summed E-state index contributed by atoms with van der Waals surface area (Å²) < 4.78 is 0. The lowest BCUT2D eigenvalue weighted by Crippen LogP contribution is -2.31. The van der Waals surface area contributed by atoms with E-state index in [2.05, 4.69) is 39.5 Å². The molecule has 0 unspecified atom stereocenters. The molecule has 0 saturated carbocycles. The quantitative estimate of drug-likeness (QED) is 0.905. The average molecular weight is 267 g/mol. The Labute approximate surface area is 118 Å². The first-order chi connectivity index (χ1) is 9.78. The maximum atomic E-state index is 11.7. The molecule has 1 aliphatic heterocycles. The van der Waals surface area contributed by atoms with Gasteiger partial charge in [0.1, 0.15) is 11.5 Å². The number of carbonyl (C=O) groups is 1. The van der Waals surface area contributed by atoms with Crippen LogP contribution in [0.1, 0.15) is 21.6 Å². The molecule has 2 heterocycles. The lowest BCUT2D eigenvalue weighted by molar-refractivity contribution is 0.0958. The van der Waals surface area contributed by atoms with Gasteiger partial charge in [0.2, 0.25) is 0 Å². The van der Waals surface area contributed by atoms with E-state index < -0.39 is 0 Å². The topological polar surface area (TPSA) is 45.2 Å². The molecular formula is C16H17N3O. The van der Waals surface area contributed by atoms with E-state index in [4.69, 9.17) is 0 Å². The Morgan fingerprint density at radius 2 is 1.95 bits per heavy atom. The molecule has 4 heteroatoms. The summed E-state index contributed by atoms with van der Waals surface area (Å²) in [4.78, 5) is 18.3. The summed E-state index contributed by atoms with van der Waals surface area (Å²) >= 11 is 0. The van der Waals surface area contributed by atoms with Gasteiger partial charge in [-0.15, -0.1) is 0 Å². The van der Waals surface area contributed by atoms with Crippen molar-refractivity contribution in [2.75, 3.05) is 18.5 Å². The summed E-state index contributed by atoms with van der Waals surface area (Å²) in [6, 6.07) is 14.1. The number of carbonyl (C=O) groups excluding carboxylic acids is 1. The molecule has 0 saturated heterocycles. The van der Waals surface area contributed by atoms with Crippen LogP contribution in [0.3, 0.4) is 0 Å². The number of aromatic nitrogens is 1. The first-order valence-corrected chi connectivity index (χ1v) is 6.79. The van der Waals surface area contributed by atoms with Gasteiger partial charge in [0.15, 0.2) is 0 Å². The van der Waals surface area contributed by atoms with Crippen LogP contribution in [0.2, 0.25) is 0 Å². The molecule has 0 radical (unpaired) electrons. The molecule has 2 aromatic rings. The second kappa shape index (κ2) is 5.33. The molecule has 20 heavy (non-hydrogen) atoms. The summed E-state index contributed by atoms with van der Waals surface area (Å²) in [5.41, 5.74) is 3.21. The van der Waals surface area contributed by atoms with Crippen molar-refractivity contribution in [2.45, 2.75) is 13.0 Å². The van der Waals surface area contributed by atoms with Crippen LogP contribution in [0.4, 0.5) is 5.82 Å². The minimum Gasteiger partial charge on any atom is -0.354 e. The fraction of sp³-hybridized carbons (Fsp3) is 0.250. The summed E-state index contributed by atoms with van der Waals surface area (Å²) in [5, 5.41) is 2.61. The van der Waals surface area contributed by atoms with Crippen LogP contribution in [0.5, 0.6) is 0 Å². The maximum Gasteiger partial charge on any atom is 0.269 e. The fourth-order valence-electron chi connectivity index (χ4n) is 2.55. The van der Waals surface area contributed by atoms with Crippen LogP contribution in [0.15, 0.2) is 42.5 Å². The number of benzene rings is 1. The van der Waals surface area contributed by atoms with Gasteiger partial charge in [-0.1, -0.05) is 30.3 Å². The molecule has 4 nitrogen and oxygen atoms in total. The van der Waals surface area contributed by atoms with Gasteiger partial charge in [0, 0.05) is 20.1 Å². The Hall–Kier alpha value is -2.36. The van der Waals surface area contributed by atoms with Crippen molar-refractivity contribution in [3.63, 3.8) is 0 Å². The third kappa shape index (κ3) is 2.37. The summed E-state index contributed by atoms with van der Waals surface area (Å²) in [6.07, 6.45) is 1.02. The van der Waals surface area contributed by atoms with Gasteiger partial charge < -0.3 is 10.2 Å². The van der Waals surface area contributed by atoms with Crippen molar-refractivity contribution in [3.8, 4) is 0 Å². The van der Waals surface area contributed by atoms with E-state index in [1.54, 1.807) is 13.1 Å². The number of rotatable bonds is 2. The number of hydrogen-bond acceptors (Lipinski definition) is 3. The van der Waals surface area contributed by atoms with Crippen LogP contribution < -0.4 is 10.2 Å². The predicted octanol–water partition coefficient (Wildman–Crippen LogP) is 2.00. The zero-order chi connectivity index (χ0) is 13.9. The highest BCUT2D eigenvalue weighted by Crippen LogP contribution is 2.23. The molecule has 0 bridgehead atoms. The van der Waals surface area contributed by atoms with E-state index in [-0.39, 0.29) is 5.91 Å². The van der Waals surface area contributed by atoms with Crippen molar-refractivity contribution in [3.05, 3.63) is 59.3 Å². The number of anilines is 1. The molecule has 3 rings (SSSR count). The number of pyridine rings is 1. The van der Waals surface area contributed by atoms with E-state index in [0.29, 0.717) is 5.69 Å². The molecule has 1 aromatic carbocycles. The predicted molar refractivity (Wildman–Crippen MR) is 78.8 cm³/mol. The minimum absolute atomic E-state index is 0.149. The Morgan fingerprint density at radius 3 is 2.75 bits per heavy atom. The molecule has 0 aliphatic carbocycles. The summed E-state index contributed by atoms with van der Waals surface area (Å²) in [7, 11) is 1.62. The smallest absolute Gasteiger partial charge is 0.269 e. The van der Waals surface area contributed by atoms with Crippen molar-refractivity contribution in [1.82, 2.24) is 10.3 Å². The standard InChI is InChI=1S/C16H17N3O/c1-17-16(20)14-7-4-8-15(18-14)19-10-9-12-5-2-3-6-13(12)11-19/h2-8H,9-11H2,1H3,(H,17,20). The van der Waals surface area contributed by atoms with Crippen molar-refractivity contribution < 1.29 is 4.79 Å². The Bertz CT molecular complexity index is 639. The number of fused-ring (bicyclic) bond motifs is 1. The highest BCUT2D eigenvalue weighted by atomic mass is 16.1. The molecule has 1 aliphatic rings. The van der Waals surface area contributed by atoms with E-state index in [0.717, 1.165) is 25.3 Å². The van der Waals surface area contributed by atoms with Crippen LogP contribution in [-0.4, -0.2) is 24.5 Å². The molecule has 1 N–H and O–H groups in total. The SMILES string of the molecule is CNC(=O)c1cccc(N2CCc3ccccc3C2)n1. The number of nitrogens with zero attached hydrogens (tertiary/aromatic N) is 2. The first kappa shape index (κ1) is 12.7. The van der Waals surface area contributed by atoms with Crippen LogP contribution >= 0.6 is 0 Å². The number of nitrogens with one attached hydrogen (secondary N) is 1. The van der Waals surface area contributed by atoms with Gasteiger partial charge >= 0.3 is 0 Å². The van der Waals surface area contributed by atoms with E-state index >= 15 is 0 Å². The third-order valence-corrected chi connectivity index (χ3v) is 3.65. The van der Waals surface area contributed by atoms with Gasteiger partial charge in [-0.2, -0.15) is 0 Å². The zero-order valence-electron chi connectivity index (χ0n) is 11.5. The van der Waals surface area contributed by atoms with E-state index in [1.165, 1.54) is 11.1 Å². The van der Waals surface area contributed by atoms with Gasteiger partial charge in [0.25, 0.3) is 5.91 Å². The zero-order valence-corrected chi connectivity index (χ0v) is 11.5. The molecule has 1 aromatic heterocycles. The largest absolute Gasteiger partial charge is 0.354 e. The molecule has 0 atom stereocenters. The van der Waals surface area contributed by atoms with Crippen molar-refractivity contribution in [2.24, 2.45) is 0 Å². The molecular weight excluding hydrogens is 250 g/mol. The van der Waals surface area contributed by atoms with Crippen molar-refractivity contribution in [1.29, 1.82) is 0 Å². The monoisotopic (exact) mass is 267 g/mol. The van der Waals surface area contributed by atoms with Crippen LogP contribution in [0, 0.1) is 0 Å². The summed E-state index contributed by atoms with van der Waals surface area (Å²) in [6.45, 7) is 1.78.